The van der Waals surface area contributed by atoms with Crippen molar-refractivity contribution in [1.29, 1.82) is 0 Å². The summed E-state index contributed by atoms with van der Waals surface area (Å²) >= 11 is 12.8. The van der Waals surface area contributed by atoms with E-state index < -0.39 is 64.6 Å². The molecule has 0 aromatic heterocycles. The van der Waals surface area contributed by atoms with Gasteiger partial charge < -0.3 is 14.9 Å². The lowest BCUT2D eigenvalue weighted by Gasteiger charge is -2.50. The fourth-order valence-electron chi connectivity index (χ4n) is 9.73. The highest BCUT2D eigenvalue weighted by molar-refractivity contribution is 6.36. The van der Waals surface area contributed by atoms with Crippen molar-refractivity contribution >= 4 is 74.9 Å². The molecule has 13 heteroatoms. The average Bonchev–Trinajstić information content (AvgIpc) is 3.60. The minimum absolute atomic E-state index is 0.00298. The summed E-state index contributed by atoms with van der Waals surface area (Å²) < 4.78 is 5.48. The Morgan fingerprint density at radius 2 is 1.63 bits per heavy atom. The molecule has 6 unspecified atom stereocenters. The van der Waals surface area contributed by atoms with Gasteiger partial charge in [0.1, 0.15) is 11.5 Å². The first-order chi connectivity index (χ1) is 27.4. The molecule has 2 aliphatic carbocycles. The number of amides is 4. The molecule has 4 aliphatic rings. The van der Waals surface area contributed by atoms with Crippen LogP contribution in [0, 0.1) is 23.7 Å². The van der Waals surface area contributed by atoms with Gasteiger partial charge >= 0.3 is 5.97 Å². The molecule has 2 aliphatic heterocycles. The fourth-order valence-corrected chi connectivity index (χ4v) is 10.2. The Bertz CT molecular complexity index is 2610. The zero-order valence-electron chi connectivity index (χ0n) is 30.2. The summed E-state index contributed by atoms with van der Waals surface area (Å²) in [4.78, 5) is 72.4. The molecule has 5 aromatic carbocycles. The molecule has 0 radical (unpaired) electrons. The SMILES string of the molecule is COc1ccc(C23C(=O)N(Nc4ccc(Cl)cc4Cl)C(=O)C2CC2C(=CCC4C(=O)N(c5cccc(C(=O)O)c5)C(=O)C42)C3c2ccc3ccccc3c2O)cc1. The quantitative estimate of drug-likeness (QED) is 0.111. The highest BCUT2D eigenvalue weighted by Crippen LogP contribution is 2.65. The summed E-state index contributed by atoms with van der Waals surface area (Å²) in [5, 5.41) is 24.7. The van der Waals surface area contributed by atoms with Crippen LogP contribution in [0.3, 0.4) is 0 Å². The number of halogens is 2. The Morgan fingerprint density at radius 1 is 0.860 bits per heavy atom. The van der Waals surface area contributed by atoms with Gasteiger partial charge in [0.25, 0.3) is 11.8 Å². The van der Waals surface area contributed by atoms with E-state index in [4.69, 9.17) is 27.9 Å². The lowest BCUT2D eigenvalue weighted by molar-refractivity contribution is -0.138. The van der Waals surface area contributed by atoms with Gasteiger partial charge in [0, 0.05) is 21.9 Å². The van der Waals surface area contributed by atoms with Gasteiger partial charge in [0.05, 0.1) is 52.2 Å². The van der Waals surface area contributed by atoms with Gasteiger partial charge in [-0.05, 0) is 78.2 Å². The zero-order valence-corrected chi connectivity index (χ0v) is 31.7. The van der Waals surface area contributed by atoms with Crippen molar-refractivity contribution in [2.45, 2.75) is 24.2 Å². The van der Waals surface area contributed by atoms with E-state index in [1.165, 1.54) is 37.4 Å². The molecular weight excluding hydrogens is 769 g/mol. The first kappa shape index (κ1) is 36.5. The number of aromatic carboxylic acids is 1. The molecule has 1 saturated carbocycles. The number of phenols is 1. The maximum absolute atomic E-state index is 15.6. The van der Waals surface area contributed by atoms with Crippen molar-refractivity contribution in [2.75, 3.05) is 17.4 Å². The number of hydrogen-bond acceptors (Lipinski definition) is 8. The number of fused-ring (bicyclic) bond motifs is 5. The van der Waals surface area contributed by atoms with Crippen LogP contribution in [0.4, 0.5) is 11.4 Å². The van der Waals surface area contributed by atoms with Crippen LogP contribution in [0.25, 0.3) is 10.8 Å². The van der Waals surface area contributed by atoms with Crippen molar-refractivity contribution in [3.63, 3.8) is 0 Å². The largest absolute Gasteiger partial charge is 0.507 e. The number of allylic oxidation sites excluding steroid dienone is 2. The topological polar surface area (TPSA) is 154 Å². The van der Waals surface area contributed by atoms with Gasteiger partial charge in [0.15, 0.2) is 0 Å². The molecule has 6 atom stereocenters. The molecule has 286 valence electrons. The number of ether oxygens (including phenoxy) is 1. The van der Waals surface area contributed by atoms with Gasteiger partial charge in [-0.15, -0.1) is 0 Å². The smallest absolute Gasteiger partial charge is 0.335 e. The van der Waals surface area contributed by atoms with Gasteiger partial charge in [-0.25, -0.2) is 4.79 Å². The number of methoxy groups -OCH3 is 1. The first-order valence-corrected chi connectivity index (χ1v) is 19.1. The summed E-state index contributed by atoms with van der Waals surface area (Å²) in [6.45, 7) is 0. The lowest BCUT2D eigenvalue weighted by atomic mass is 9.49. The maximum Gasteiger partial charge on any atom is 0.335 e. The maximum atomic E-state index is 15.6. The number of nitrogens with zero attached hydrogens (tertiary/aromatic N) is 2. The Labute approximate surface area is 336 Å². The molecule has 0 bridgehead atoms. The Kier molecular flexibility index (Phi) is 8.63. The van der Waals surface area contributed by atoms with E-state index in [0.717, 1.165) is 15.3 Å². The number of phenolic OH excluding ortho intramolecular Hbond substituents is 1. The normalized spacial score (nSPS) is 25.2. The Morgan fingerprint density at radius 3 is 2.37 bits per heavy atom. The number of hydrogen-bond donors (Lipinski definition) is 3. The number of hydrazine groups is 1. The molecule has 5 aromatic rings. The first-order valence-electron chi connectivity index (χ1n) is 18.3. The summed E-state index contributed by atoms with van der Waals surface area (Å²) in [7, 11) is 1.52. The number of carboxylic acids is 1. The second-order valence-corrected chi connectivity index (χ2v) is 15.6. The molecule has 9 rings (SSSR count). The van der Waals surface area contributed by atoms with Crippen molar-refractivity contribution in [2.24, 2.45) is 23.7 Å². The standard InChI is InChI=1S/C44H33Cl2N3O8/c1-57-27-13-10-24(11-14-27)44-33(40(52)49(43(44)56)47-35-18-12-25(45)20-34(35)46)21-32-29(37(44)31-15-9-22-5-2-3-8-28(22)38(31)50)16-17-30-36(32)41(53)48(39(30)51)26-7-4-6-23(19-26)42(54)55/h2-16,18-20,30,32-33,36-37,47,50H,17,21H2,1H3,(H,54,55). The van der Waals surface area contributed by atoms with E-state index in [9.17, 15) is 24.6 Å². The van der Waals surface area contributed by atoms with Crippen molar-refractivity contribution in [1.82, 2.24) is 5.01 Å². The van der Waals surface area contributed by atoms with Crippen LogP contribution < -0.4 is 15.1 Å². The highest BCUT2D eigenvalue weighted by Gasteiger charge is 2.70. The van der Waals surface area contributed by atoms with Gasteiger partial charge in [0.2, 0.25) is 11.8 Å². The molecular formula is C44H33Cl2N3O8. The lowest BCUT2D eigenvalue weighted by Crippen LogP contribution is -2.53. The number of benzene rings is 5. The zero-order chi connectivity index (χ0) is 39.9. The van der Waals surface area contributed by atoms with Crippen molar-refractivity contribution in [3.05, 3.63) is 142 Å². The van der Waals surface area contributed by atoms with Crippen LogP contribution in [-0.4, -0.2) is 51.9 Å². The molecule has 0 spiro atoms. The number of rotatable bonds is 7. The Balaban J connectivity index is 1.26. The third-order valence-corrected chi connectivity index (χ3v) is 12.7. The van der Waals surface area contributed by atoms with E-state index in [1.807, 2.05) is 24.3 Å². The minimum atomic E-state index is -1.68. The van der Waals surface area contributed by atoms with Gasteiger partial charge in [-0.3, -0.25) is 29.5 Å². The van der Waals surface area contributed by atoms with Gasteiger partial charge in [-0.1, -0.05) is 89.4 Å². The van der Waals surface area contributed by atoms with Crippen LogP contribution in [0.5, 0.6) is 11.5 Å². The second kappa shape index (κ2) is 13.5. The number of anilines is 2. The van der Waals surface area contributed by atoms with Crippen molar-refractivity contribution in [3.8, 4) is 11.5 Å². The highest BCUT2D eigenvalue weighted by atomic mass is 35.5. The minimum Gasteiger partial charge on any atom is -0.507 e. The van der Waals surface area contributed by atoms with Crippen LogP contribution in [0.2, 0.25) is 10.0 Å². The number of nitrogens with one attached hydrogen (secondary N) is 1. The molecule has 3 N–H and O–H groups in total. The molecule has 57 heavy (non-hydrogen) atoms. The summed E-state index contributed by atoms with van der Waals surface area (Å²) in [6, 6.07) is 28.1. The molecule has 11 nitrogen and oxygen atoms in total. The van der Waals surface area contributed by atoms with Gasteiger partial charge in [-0.2, -0.15) is 5.01 Å². The predicted octanol–water partition coefficient (Wildman–Crippen LogP) is 7.75. The third-order valence-electron chi connectivity index (χ3n) is 12.2. The summed E-state index contributed by atoms with van der Waals surface area (Å²) in [5.41, 5.74) is 3.10. The van der Waals surface area contributed by atoms with E-state index in [0.29, 0.717) is 32.9 Å². The van der Waals surface area contributed by atoms with Crippen LogP contribution in [0.15, 0.2) is 115 Å². The number of aromatic hydroxyl groups is 1. The van der Waals surface area contributed by atoms with E-state index in [2.05, 4.69) is 5.43 Å². The van der Waals surface area contributed by atoms with E-state index in [-0.39, 0.29) is 40.6 Å². The Hall–Kier alpha value is -6.17. The second-order valence-electron chi connectivity index (χ2n) is 14.8. The number of imide groups is 2. The van der Waals surface area contributed by atoms with E-state index >= 15 is 9.59 Å². The monoisotopic (exact) mass is 801 g/mol. The predicted molar refractivity (Wildman–Crippen MR) is 212 cm³/mol. The molecule has 2 heterocycles. The fraction of sp³-hybridized carbons (Fsp3) is 0.205. The summed E-state index contributed by atoms with van der Waals surface area (Å²) in [6.07, 6.45) is 2.02. The van der Waals surface area contributed by atoms with Crippen molar-refractivity contribution < 1.29 is 38.9 Å². The molecule has 2 saturated heterocycles. The number of carboxylic acid groups (broad SMARTS) is 1. The number of carbonyl (C=O) groups is 5. The van der Waals surface area contributed by atoms with E-state index in [1.54, 1.807) is 54.6 Å². The molecule has 4 amide bonds. The van der Waals surface area contributed by atoms with Crippen LogP contribution in [0.1, 0.15) is 40.2 Å². The third kappa shape index (κ3) is 5.36. The van der Waals surface area contributed by atoms with Crippen LogP contribution in [-0.2, 0) is 24.6 Å². The average molecular weight is 803 g/mol. The van der Waals surface area contributed by atoms with Crippen LogP contribution >= 0.6 is 23.2 Å². The molecule has 3 fully saturated rings. The summed E-state index contributed by atoms with van der Waals surface area (Å²) in [5.74, 6) is -7.56. The number of carbonyl (C=O) groups excluding carboxylic acids is 4.